The molecule has 0 saturated heterocycles. The molecule has 6 heteroatoms. The van der Waals surface area contributed by atoms with Crippen LogP contribution in [0.25, 0.3) is 11.3 Å². The van der Waals surface area contributed by atoms with Crippen LogP contribution in [0.4, 0.5) is 0 Å². The lowest BCUT2D eigenvalue weighted by molar-refractivity contribution is -0.163. The Morgan fingerprint density at radius 2 is 1.83 bits per heavy atom. The van der Waals surface area contributed by atoms with Crippen molar-refractivity contribution in [2.75, 3.05) is 0 Å². The highest BCUT2D eigenvalue weighted by Gasteiger charge is 2.22. The van der Waals surface area contributed by atoms with E-state index < -0.39 is 6.29 Å². The first-order chi connectivity index (χ1) is 14.1. The third-order valence-electron chi connectivity index (χ3n) is 4.68. The highest BCUT2D eigenvalue weighted by Crippen LogP contribution is 2.31. The summed E-state index contributed by atoms with van der Waals surface area (Å²) in [4.78, 5) is 11.7. The van der Waals surface area contributed by atoms with Crippen LogP contribution in [-0.2, 0) is 26.2 Å². The molecule has 0 saturated carbocycles. The van der Waals surface area contributed by atoms with E-state index in [2.05, 4.69) is 31.9 Å². The molecule has 30 heavy (non-hydrogen) atoms. The summed E-state index contributed by atoms with van der Waals surface area (Å²) in [5.41, 5.74) is 3.76. The molecule has 0 radical (unpaired) electrons. The standard InChI is InChI=1S/C24H31N3O3/c1-8-22(28)29-17(4)30-23(21-14-16(3)26-27(21)9-2)20(15-25)18-10-12-19(13-11-18)24(5,6)7/h10-14,17H,8-9H2,1-7H3/b23-20-. The molecule has 1 unspecified atom stereocenters. The second-order valence-electron chi connectivity index (χ2n) is 8.16. The summed E-state index contributed by atoms with van der Waals surface area (Å²) in [6.45, 7) is 14.3. The van der Waals surface area contributed by atoms with Crippen molar-refractivity contribution in [3.05, 3.63) is 52.8 Å². The minimum Gasteiger partial charge on any atom is -0.451 e. The van der Waals surface area contributed by atoms with Gasteiger partial charge in [-0.3, -0.25) is 9.48 Å². The van der Waals surface area contributed by atoms with E-state index in [-0.39, 0.29) is 17.8 Å². The summed E-state index contributed by atoms with van der Waals surface area (Å²) in [5.74, 6) is -0.0186. The first-order valence-corrected chi connectivity index (χ1v) is 10.3. The van der Waals surface area contributed by atoms with Gasteiger partial charge >= 0.3 is 5.97 Å². The summed E-state index contributed by atoms with van der Waals surface area (Å²) in [7, 11) is 0. The average molecular weight is 410 g/mol. The SMILES string of the molecule is CCC(=O)OC(C)O/C(=C(/C#N)c1ccc(C(C)(C)C)cc1)c1cc(C)nn1CC. The maximum atomic E-state index is 11.7. The van der Waals surface area contributed by atoms with E-state index in [0.29, 0.717) is 23.6 Å². The third-order valence-corrected chi connectivity index (χ3v) is 4.68. The monoisotopic (exact) mass is 409 g/mol. The number of nitrogens with zero attached hydrogens (tertiary/aromatic N) is 3. The molecule has 0 N–H and O–H groups in total. The van der Waals surface area contributed by atoms with Crippen LogP contribution in [0.1, 0.15) is 70.5 Å². The van der Waals surface area contributed by atoms with Gasteiger partial charge in [-0.25, -0.2) is 0 Å². The quantitative estimate of drug-likeness (QED) is 0.271. The van der Waals surface area contributed by atoms with Gasteiger partial charge in [-0.05, 0) is 36.5 Å². The van der Waals surface area contributed by atoms with Crippen LogP contribution in [0.15, 0.2) is 30.3 Å². The second-order valence-corrected chi connectivity index (χ2v) is 8.16. The average Bonchev–Trinajstić information content (AvgIpc) is 3.07. The largest absolute Gasteiger partial charge is 0.451 e. The lowest BCUT2D eigenvalue weighted by Crippen LogP contribution is -2.18. The number of nitriles is 1. The van der Waals surface area contributed by atoms with Crippen molar-refractivity contribution in [2.24, 2.45) is 0 Å². The van der Waals surface area contributed by atoms with Crippen molar-refractivity contribution < 1.29 is 14.3 Å². The van der Waals surface area contributed by atoms with Crippen molar-refractivity contribution in [1.82, 2.24) is 9.78 Å². The molecule has 0 aliphatic carbocycles. The number of carbonyl (C=O) groups excluding carboxylic acids is 1. The maximum Gasteiger partial charge on any atom is 0.308 e. The van der Waals surface area contributed by atoms with Gasteiger partial charge in [0.15, 0.2) is 5.76 Å². The fourth-order valence-corrected chi connectivity index (χ4v) is 3.06. The number of aromatic nitrogens is 2. The Morgan fingerprint density at radius 3 is 2.33 bits per heavy atom. The van der Waals surface area contributed by atoms with Crippen molar-refractivity contribution in [3.8, 4) is 6.07 Å². The van der Waals surface area contributed by atoms with Crippen LogP contribution < -0.4 is 0 Å². The van der Waals surface area contributed by atoms with Crippen LogP contribution in [0, 0.1) is 18.3 Å². The molecule has 0 aliphatic heterocycles. The Bertz CT molecular complexity index is 957. The highest BCUT2D eigenvalue weighted by atomic mass is 16.7. The Hall–Kier alpha value is -3.07. The zero-order valence-corrected chi connectivity index (χ0v) is 18.9. The number of aryl methyl sites for hydroxylation is 2. The molecule has 0 aliphatic rings. The molecule has 1 heterocycles. The normalized spacial score (nSPS) is 13.3. The number of benzene rings is 1. The summed E-state index contributed by atoms with van der Waals surface area (Å²) in [5, 5.41) is 14.5. The van der Waals surface area contributed by atoms with Gasteiger partial charge in [-0.1, -0.05) is 52.0 Å². The highest BCUT2D eigenvalue weighted by molar-refractivity contribution is 5.94. The van der Waals surface area contributed by atoms with Gasteiger partial charge in [0.25, 0.3) is 0 Å². The minimum absolute atomic E-state index is 0.00912. The number of hydrogen-bond acceptors (Lipinski definition) is 5. The summed E-state index contributed by atoms with van der Waals surface area (Å²) in [6, 6.07) is 12.0. The third kappa shape index (κ3) is 5.50. The van der Waals surface area contributed by atoms with Crippen LogP contribution in [0.2, 0.25) is 0 Å². The summed E-state index contributed by atoms with van der Waals surface area (Å²) >= 11 is 0. The van der Waals surface area contributed by atoms with E-state index in [0.717, 1.165) is 11.3 Å². The van der Waals surface area contributed by atoms with Gasteiger partial charge in [0.05, 0.1) is 5.69 Å². The fourth-order valence-electron chi connectivity index (χ4n) is 3.06. The zero-order valence-electron chi connectivity index (χ0n) is 18.9. The van der Waals surface area contributed by atoms with Gasteiger partial charge < -0.3 is 9.47 Å². The molecular weight excluding hydrogens is 378 g/mol. The molecule has 0 amide bonds. The molecule has 1 aromatic heterocycles. The topological polar surface area (TPSA) is 77.1 Å². The molecule has 1 atom stereocenters. The molecule has 2 aromatic rings. The lowest BCUT2D eigenvalue weighted by Gasteiger charge is -2.21. The Labute approximate surface area is 179 Å². The first-order valence-electron chi connectivity index (χ1n) is 10.3. The van der Waals surface area contributed by atoms with Crippen molar-refractivity contribution in [2.45, 2.75) is 73.1 Å². The van der Waals surface area contributed by atoms with Crippen LogP contribution in [0.5, 0.6) is 0 Å². The van der Waals surface area contributed by atoms with Gasteiger partial charge in [-0.15, -0.1) is 0 Å². The Kier molecular flexibility index (Phi) is 7.44. The second kappa shape index (κ2) is 9.62. The van der Waals surface area contributed by atoms with E-state index in [1.54, 1.807) is 18.5 Å². The first kappa shape index (κ1) is 23.2. The van der Waals surface area contributed by atoms with Crippen molar-refractivity contribution in [3.63, 3.8) is 0 Å². The smallest absolute Gasteiger partial charge is 0.308 e. The molecule has 0 bridgehead atoms. The van der Waals surface area contributed by atoms with Crippen LogP contribution in [0.3, 0.4) is 0 Å². The maximum absolute atomic E-state index is 11.7. The number of carbonyl (C=O) groups is 1. The number of rotatable bonds is 7. The molecule has 0 fully saturated rings. The number of hydrogen-bond donors (Lipinski definition) is 0. The number of allylic oxidation sites excluding steroid dienone is 1. The lowest BCUT2D eigenvalue weighted by atomic mass is 9.86. The molecule has 1 aromatic carbocycles. The van der Waals surface area contributed by atoms with Gasteiger partial charge in [0.2, 0.25) is 6.29 Å². The molecule has 2 rings (SSSR count). The van der Waals surface area contributed by atoms with E-state index in [1.165, 1.54) is 5.56 Å². The predicted molar refractivity (Wildman–Crippen MR) is 117 cm³/mol. The number of ether oxygens (including phenoxy) is 2. The van der Waals surface area contributed by atoms with E-state index >= 15 is 0 Å². The molecule has 160 valence electrons. The van der Waals surface area contributed by atoms with Crippen LogP contribution in [-0.4, -0.2) is 22.0 Å². The number of esters is 1. The van der Waals surface area contributed by atoms with Gasteiger partial charge in [-0.2, -0.15) is 10.4 Å². The molecule has 0 spiro atoms. The van der Waals surface area contributed by atoms with Gasteiger partial charge in [0, 0.05) is 19.9 Å². The molecule has 6 nitrogen and oxygen atoms in total. The van der Waals surface area contributed by atoms with E-state index in [4.69, 9.17) is 9.47 Å². The minimum atomic E-state index is -0.842. The van der Waals surface area contributed by atoms with E-state index in [1.807, 2.05) is 44.2 Å². The van der Waals surface area contributed by atoms with Crippen molar-refractivity contribution >= 4 is 17.3 Å². The van der Waals surface area contributed by atoms with Crippen LogP contribution >= 0.6 is 0 Å². The van der Waals surface area contributed by atoms with Gasteiger partial charge in [0.1, 0.15) is 17.3 Å². The van der Waals surface area contributed by atoms with Crippen molar-refractivity contribution in [1.29, 1.82) is 5.26 Å². The van der Waals surface area contributed by atoms with E-state index in [9.17, 15) is 10.1 Å². The zero-order chi connectivity index (χ0) is 22.5. The predicted octanol–water partition coefficient (Wildman–Crippen LogP) is 5.22. The fraction of sp³-hybridized carbons (Fsp3) is 0.458. The summed E-state index contributed by atoms with van der Waals surface area (Å²) < 4.78 is 13.1. The summed E-state index contributed by atoms with van der Waals surface area (Å²) in [6.07, 6.45) is -0.594. The molecular formula is C24H31N3O3. The Morgan fingerprint density at radius 1 is 1.20 bits per heavy atom. The Balaban J connectivity index is 2.60.